The minimum atomic E-state index is -2.37. The van der Waals surface area contributed by atoms with Gasteiger partial charge in [-0.3, -0.25) is 4.79 Å². The predicted octanol–water partition coefficient (Wildman–Crippen LogP) is 3.73. The summed E-state index contributed by atoms with van der Waals surface area (Å²) in [5.74, 6) is -13.9. The average Bonchev–Trinajstić information content (AvgIpc) is 2.55. The lowest BCUT2D eigenvalue weighted by Crippen LogP contribution is -2.43. The first kappa shape index (κ1) is 21.9. The summed E-state index contributed by atoms with van der Waals surface area (Å²) in [4.78, 5) is 24.2. The lowest BCUT2D eigenvalue weighted by molar-refractivity contribution is -0.147. The van der Waals surface area contributed by atoms with Crippen molar-refractivity contribution in [2.75, 3.05) is 6.61 Å². The van der Waals surface area contributed by atoms with Crippen LogP contribution in [0.3, 0.4) is 0 Å². The van der Waals surface area contributed by atoms with Crippen LogP contribution in [-0.2, 0) is 9.53 Å². The van der Waals surface area contributed by atoms with Crippen LogP contribution >= 0.6 is 0 Å². The molecule has 0 radical (unpaired) electrons. The van der Waals surface area contributed by atoms with Gasteiger partial charge in [0.25, 0.3) is 5.91 Å². The first-order chi connectivity index (χ1) is 12.0. The van der Waals surface area contributed by atoms with E-state index in [1.54, 1.807) is 27.7 Å². The van der Waals surface area contributed by atoms with Gasteiger partial charge in [-0.25, -0.2) is 26.7 Å². The number of nitrogens with one attached hydrogen (secondary N) is 1. The number of rotatable bonds is 7. The number of hydrogen-bond donors (Lipinski definition) is 1. The molecule has 9 heteroatoms. The number of carbonyl (C=O) groups is 2. The molecule has 0 spiro atoms. The van der Waals surface area contributed by atoms with Crippen molar-refractivity contribution >= 4 is 11.9 Å². The summed E-state index contributed by atoms with van der Waals surface area (Å²) in [6, 6.07) is -1.30. The third kappa shape index (κ3) is 5.15. The largest absolute Gasteiger partial charge is 0.464 e. The average molecular weight is 381 g/mol. The molecule has 0 aromatic heterocycles. The third-order valence-electron chi connectivity index (χ3n) is 3.29. The summed E-state index contributed by atoms with van der Waals surface area (Å²) in [6.45, 7) is 7.03. The van der Waals surface area contributed by atoms with Crippen molar-refractivity contribution in [2.24, 2.45) is 11.8 Å². The quantitative estimate of drug-likeness (QED) is 0.339. The van der Waals surface area contributed by atoms with E-state index in [0.717, 1.165) is 0 Å². The van der Waals surface area contributed by atoms with Gasteiger partial charge < -0.3 is 10.1 Å². The van der Waals surface area contributed by atoms with Crippen molar-refractivity contribution in [1.82, 2.24) is 5.32 Å². The zero-order chi connectivity index (χ0) is 20.2. The van der Waals surface area contributed by atoms with Gasteiger partial charge >= 0.3 is 5.97 Å². The maximum absolute atomic E-state index is 13.7. The van der Waals surface area contributed by atoms with E-state index < -0.39 is 52.6 Å². The van der Waals surface area contributed by atoms with Crippen molar-refractivity contribution in [3.05, 3.63) is 34.6 Å². The summed E-state index contributed by atoms with van der Waals surface area (Å²) < 4.78 is 72.0. The van der Waals surface area contributed by atoms with Crippen LogP contribution < -0.4 is 5.32 Å². The first-order valence-corrected chi connectivity index (χ1v) is 7.96. The molecule has 1 amide bonds. The molecule has 1 unspecified atom stereocenters. The van der Waals surface area contributed by atoms with Gasteiger partial charge in [-0.2, -0.15) is 0 Å². The lowest BCUT2D eigenvalue weighted by atomic mass is 10.0. The maximum atomic E-state index is 13.7. The molecule has 1 aromatic rings. The summed E-state index contributed by atoms with van der Waals surface area (Å²) >= 11 is 0. The second kappa shape index (κ2) is 8.95. The summed E-state index contributed by atoms with van der Waals surface area (Å²) in [5, 5.41) is 1.99. The molecule has 0 saturated heterocycles. The fourth-order valence-corrected chi connectivity index (χ4v) is 2.07. The van der Waals surface area contributed by atoms with Crippen LogP contribution in [0.4, 0.5) is 22.0 Å². The molecule has 1 rings (SSSR count). The Morgan fingerprint density at radius 2 is 1.31 bits per heavy atom. The maximum Gasteiger partial charge on any atom is 0.328 e. The van der Waals surface area contributed by atoms with E-state index in [-0.39, 0.29) is 24.9 Å². The van der Waals surface area contributed by atoms with Crippen LogP contribution in [0, 0.1) is 40.9 Å². The number of amides is 1. The Labute approximate surface area is 147 Å². The van der Waals surface area contributed by atoms with Gasteiger partial charge in [-0.1, -0.05) is 27.7 Å². The Hall–Kier alpha value is -2.19. The highest BCUT2D eigenvalue weighted by molar-refractivity contribution is 5.97. The fourth-order valence-electron chi connectivity index (χ4n) is 2.07. The number of halogens is 5. The van der Waals surface area contributed by atoms with Crippen molar-refractivity contribution in [3.8, 4) is 0 Å². The topological polar surface area (TPSA) is 55.4 Å². The molecule has 0 saturated carbocycles. The molecule has 1 N–H and O–H groups in total. The zero-order valence-electron chi connectivity index (χ0n) is 14.8. The predicted molar refractivity (Wildman–Crippen MR) is 82.7 cm³/mol. The van der Waals surface area contributed by atoms with E-state index in [1.807, 2.05) is 5.32 Å². The van der Waals surface area contributed by atoms with Crippen molar-refractivity contribution in [3.63, 3.8) is 0 Å². The minimum absolute atomic E-state index is 0.00420. The molecule has 1 aromatic carbocycles. The zero-order valence-corrected chi connectivity index (χ0v) is 14.8. The van der Waals surface area contributed by atoms with Crippen LogP contribution in [0.1, 0.15) is 44.5 Å². The molecule has 4 nitrogen and oxygen atoms in total. The van der Waals surface area contributed by atoms with Gasteiger partial charge in [-0.05, 0) is 18.3 Å². The molecule has 0 fully saturated rings. The molecule has 0 aliphatic carbocycles. The monoisotopic (exact) mass is 381 g/mol. The number of benzene rings is 1. The Bertz CT molecular complexity index is 662. The standard InChI is InChI=1S/C17H20F5NO3/c1-7(2)5-9(17(25)26-6-8(3)4)23-16(24)10-11(18)13(20)15(22)14(21)12(10)19/h7-9H,5-6H2,1-4H3,(H,23,24). The molecule has 0 aliphatic heterocycles. The van der Waals surface area contributed by atoms with Crippen molar-refractivity contribution in [2.45, 2.75) is 40.2 Å². The van der Waals surface area contributed by atoms with Crippen LogP contribution in [0.2, 0.25) is 0 Å². The van der Waals surface area contributed by atoms with Crippen LogP contribution in [0.25, 0.3) is 0 Å². The molecular weight excluding hydrogens is 361 g/mol. The highest BCUT2D eigenvalue weighted by Crippen LogP contribution is 2.23. The molecule has 0 aliphatic rings. The van der Waals surface area contributed by atoms with E-state index in [9.17, 15) is 31.5 Å². The molecular formula is C17H20F5NO3. The highest BCUT2D eigenvalue weighted by atomic mass is 19.2. The molecule has 146 valence electrons. The van der Waals surface area contributed by atoms with E-state index in [1.165, 1.54) is 0 Å². The molecule has 0 bridgehead atoms. The summed E-state index contributed by atoms with van der Waals surface area (Å²) in [6.07, 6.45) is 0.0536. The molecule has 26 heavy (non-hydrogen) atoms. The van der Waals surface area contributed by atoms with Crippen molar-refractivity contribution < 1.29 is 36.3 Å². The Balaban J connectivity index is 3.13. The van der Waals surface area contributed by atoms with E-state index >= 15 is 0 Å². The fraction of sp³-hybridized carbons (Fsp3) is 0.529. The summed E-state index contributed by atoms with van der Waals surface area (Å²) in [5.41, 5.74) is -1.65. The second-order valence-electron chi connectivity index (χ2n) is 6.62. The van der Waals surface area contributed by atoms with Crippen LogP contribution in [0.15, 0.2) is 0 Å². The van der Waals surface area contributed by atoms with Crippen LogP contribution in [-0.4, -0.2) is 24.5 Å². The number of ether oxygens (including phenoxy) is 1. The van der Waals surface area contributed by atoms with Gasteiger partial charge in [0.15, 0.2) is 23.3 Å². The SMILES string of the molecule is CC(C)COC(=O)C(CC(C)C)NC(=O)c1c(F)c(F)c(F)c(F)c1F. The van der Waals surface area contributed by atoms with Gasteiger partial charge in [0.05, 0.1) is 6.61 Å². The Morgan fingerprint density at radius 1 is 0.846 bits per heavy atom. The van der Waals surface area contributed by atoms with E-state index in [4.69, 9.17) is 4.74 Å². The minimum Gasteiger partial charge on any atom is -0.464 e. The third-order valence-corrected chi connectivity index (χ3v) is 3.29. The van der Waals surface area contributed by atoms with Crippen molar-refractivity contribution in [1.29, 1.82) is 0 Å². The number of esters is 1. The molecule has 1 atom stereocenters. The lowest BCUT2D eigenvalue weighted by Gasteiger charge is -2.20. The first-order valence-electron chi connectivity index (χ1n) is 7.96. The number of carbonyl (C=O) groups excluding carboxylic acids is 2. The van der Waals surface area contributed by atoms with Gasteiger partial charge in [-0.15, -0.1) is 0 Å². The van der Waals surface area contributed by atoms with Gasteiger partial charge in [0.1, 0.15) is 11.6 Å². The second-order valence-corrected chi connectivity index (χ2v) is 6.62. The number of hydrogen-bond acceptors (Lipinski definition) is 3. The van der Waals surface area contributed by atoms with E-state index in [0.29, 0.717) is 0 Å². The normalized spacial score (nSPS) is 12.4. The van der Waals surface area contributed by atoms with E-state index in [2.05, 4.69) is 0 Å². The Kier molecular flexibility index (Phi) is 7.53. The van der Waals surface area contributed by atoms with Crippen LogP contribution in [0.5, 0.6) is 0 Å². The smallest absolute Gasteiger partial charge is 0.328 e. The van der Waals surface area contributed by atoms with Gasteiger partial charge in [0.2, 0.25) is 5.82 Å². The molecule has 0 heterocycles. The Morgan fingerprint density at radius 3 is 1.73 bits per heavy atom. The highest BCUT2D eigenvalue weighted by Gasteiger charge is 2.32. The summed E-state index contributed by atoms with van der Waals surface area (Å²) in [7, 11) is 0. The van der Waals surface area contributed by atoms with Gasteiger partial charge in [0, 0.05) is 0 Å².